The van der Waals surface area contributed by atoms with Gasteiger partial charge >= 0.3 is 6.03 Å². The summed E-state index contributed by atoms with van der Waals surface area (Å²) in [4.78, 5) is 31.6. The zero-order valence-electron chi connectivity index (χ0n) is 17.9. The van der Waals surface area contributed by atoms with Crippen LogP contribution in [-0.2, 0) is 19.6 Å². The molecule has 0 radical (unpaired) electrons. The van der Waals surface area contributed by atoms with Crippen LogP contribution in [0.3, 0.4) is 0 Å². The van der Waals surface area contributed by atoms with Crippen molar-refractivity contribution in [1.82, 2.24) is 15.2 Å². The highest BCUT2D eigenvalue weighted by Crippen LogP contribution is 2.33. The molecule has 0 fully saturated rings. The Kier molecular flexibility index (Phi) is 5.99. The van der Waals surface area contributed by atoms with Gasteiger partial charge in [-0.2, -0.15) is 0 Å². The van der Waals surface area contributed by atoms with Crippen LogP contribution in [0.1, 0.15) is 16.0 Å². The van der Waals surface area contributed by atoms with Gasteiger partial charge in [0.05, 0.1) is 18.6 Å². The number of pyridine rings is 1. The number of carbonyl (C=O) groups excluding carboxylic acids is 1. The summed E-state index contributed by atoms with van der Waals surface area (Å²) >= 11 is 1.58. The van der Waals surface area contributed by atoms with Crippen molar-refractivity contribution in [3.05, 3.63) is 92.4 Å². The minimum atomic E-state index is -0.230. The van der Waals surface area contributed by atoms with Gasteiger partial charge in [-0.1, -0.05) is 36.4 Å². The molecule has 0 bridgehead atoms. The van der Waals surface area contributed by atoms with E-state index in [0.29, 0.717) is 48.9 Å². The van der Waals surface area contributed by atoms with E-state index in [1.165, 1.54) is 0 Å². The normalized spacial score (nSPS) is 12.5. The van der Waals surface area contributed by atoms with Gasteiger partial charge in [-0.25, -0.2) is 4.79 Å². The van der Waals surface area contributed by atoms with Crippen LogP contribution in [-0.4, -0.2) is 29.1 Å². The number of aromatic nitrogens is 1. The van der Waals surface area contributed by atoms with E-state index in [1.807, 2.05) is 60.0 Å². The molecule has 0 saturated heterocycles. The van der Waals surface area contributed by atoms with Crippen molar-refractivity contribution in [3.8, 4) is 11.5 Å². The first kappa shape index (κ1) is 21.1. The van der Waals surface area contributed by atoms with Gasteiger partial charge in [-0.15, -0.1) is 11.3 Å². The van der Waals surface area contributed by atoms with Gasteiger partial charge < -0.3 is 24.7 Å². The van der Waals surface area contributed by atoms with Gasteiger partial charge in [0, 0.05) is 28.4 Å². The Bertz CT molecular complexity index is 1320. The van der Waals surface area contributed by atoms with Gasteiger partial charge in [-0.05, 0) is 29.1 Å². The lowest BCUT2D eigenvalue weighted by Crippen LogP contribution is -2.39. The SMILES string of the molecule is O=C(NCc1ccccc1)N(Cc1cccs1)Cc1cc2cc3c(cc2[nH]c1=O)OCCO3. The molecule has 3 heterocycles. The molecule has 7 nitrogen and oxygen atoms in total. The molecule has 8 heteroatoms. The fourth-order valence-electron chi connectivity index (χ4n) is 3.79. The summed E-state index contributed by atoms with van der Waals surface area (Å²) in [7, 11) is 0. The van der Waals surface area contributed by atoms with E-state index in [2.05, 4.69) is 10.3 Å². The van der Waals surface area contributed by atoms with Gasteiger partial charge in [0.15, 0.2) is 11.5 Å². The quantitative estimate of drug-likeness (QED) is 0.449. The van der Waals surface area contributed by atoms with E-state index in [4.69, 9.17) is 9.47 Å². The number of hydrogen-bond donors (Lipinski definition) is 2. The third-order valence-electron chi connectivity index (χ3n) is 5.45. The van der Waals surface area contributed by atoms with Gasteiger partial charge in [-0.3, -0.25) is 4.79 Å². The number of H-pyrrole nitrogens is 1. The average molecular weight is 462 g/mol. The highest BCUT2D eigenvalue weighted by molar-refractivity contribution is 7.09. The molecule has 33 heavy (non-hydrogen) atoms. The Morgan fingerprint density at radius 3 is 2.55 bits per heavy atom. The highest BCUT2D eigenvalue weighted by atomic mass is 32.1. The van der Waals surface area contributed by atoms with Crippen molar-refractivity contribution in [3.63, 3.8) is 0 Å². The Balaban J connectivity index is 1.40. The maximum Gasteiger partial charge on any atom is 0.318 e. The number of ether oxygens (including phenoxy) is 2. The molecule has 0 unspecified atom stereocenters. The molecule has 5 rings (SSSR count). The maximum atomic E-state index is 13.1. The van der Waals surface area contributed by atoms with E-state index in [1.54, 1.807) is 22.3 Å². The first-order valence-electron chi connectivity index (χ1n) is 10.7. The summed E-state index contributed by atoms with van der Waals surface area (Å²) in [5.41, 5.74) is 1.96. The van der Waals surface area contributed by atoms with Crippen LogP contribution >= 0.6 is 11.3 Å². The van der Waals surface area contributed by atoms with Crippen LogP contribution in [0.25, 0.3) is 10.9 Å². The van der Waals surface area contributed by atoms with Crippen molar-refractivity contribution in [2.75, 3.05) is 13.2 Å². The molecular formula is C25H23N3O4S. The third kappa shape index (κ3) is 4.85. The number of fused-ring (bicyclic) bond motifs is 2. The zero-order chi connectivity index (χ0) is 22.6. The molecule has 1 aliphatic heterocycles. The Morgan fingerprint density at radius 1 is 1.00 bits per heavy atom. The predicted octanol–water partition coefficient (Wildman–Crippen LogP) is 4.27. The van der Waals surface area contributed by atoms with Crippen molar-refractivity contribution in [2.45, 2.75) is 19.6 Å². The molecule has 4 aromatic rings. The van der Waals surface area contributed by atoms with Crippen LogP contribution in [0.5, 0.6) is 11.5 Å². The standard InChI is InChI=1S/C25H23N3O4S/c29-24-19(11-18-12-22-23(13-21(18)27-24)32-9-8-31-22)15-28(16-20-7-4-10-33-20)25(30)26-14-17-5-2-1-3-6-17/h1-7,10-13H,8-9,14-16H2,(H,26,30)(H,27,29). The molecule has 0 atom stereocenters. The van der Waals surface area contributed by atoms with E-state index in [-0.39, 0.29) is 18.1 Å². The number of urea groups is 1. The fourth-order valence-corrected chi connectivity index (χ4v) is 4.51. The number of nitrogens with one attached hydrogen (secondary N) is 2. The van der Waals surface area contributed by atoms with E-state index >= 15 is 0 Å². The summed E-state index contributed by atoms with van der Waals surface area (Å²) in [5, 5.41) is 5.78. The smallest absolute Gasteiger partial charge is 0.318 e. The number of nitrogens with zero attached hydrogens (tertiary/aromatic N) is 1. The second-order valence-electron chi connectivity index (χ2n) is 7.79. The Hall–Kier alpha value is -3.78. The lowest BCUT2D eigenvalue weighted by Gasteiger charge is -2.23. The number of thiophene rings is 1. The zero-order valence-corrected chi connectivity index (χ0v) is 18.7. The van der Waals surface area contributed by atoms with Crippen molar-refractivity contribution >= 4 is 28.3 Å². The van der Waals surface area contributed by atoms with Crippen LogP contribution in [0, 0.1) is 0 Å². The van der Waals surface area contributed by atoms with Crippen LogP contribution in [0.2, 0.25) is 0 Å². The topological polar surface area (TPSA) is 83.7 Å². The summed E-state index contributed by atoms with van der Waals surface area (Å²) < 4.78 is 11.3. The number of rotatable bonds is 6. The average Bonchev–Trinajstić information content (AvgIpc) is 3.35. The maximum absolute atomic E-state index is 13.1. The molecule has 0 saturated carbocycles. The van der Waals surface area contributed by atoms with Crippen LogP contribution < -0.4 is 20.3 Å². The third-order valence-corrected chi connectivity index (χ3v) is 6.31. The largest absolute Gasteiger partial charge is 0.486 e. The van der Waals surface area contributed by atoms with Gasteiger partial charge in [0.1, 0.15) is 13.2 Å². The molecule has 168 valence electrons. The van der Waals surface area contributed by atoms with E-state index in [0.717, 1.165) is 15.8 Å². The number of benzene rings is 2. The first-order valence-corrected chi connectivity index (χ1v) is 11.6. The fraction of sp³-hybridized carbons (Fsp3) is 0.200. The lowest BCUT2D eigenvalue weighted by atomic mass is 10.1. The summed E-state index contributed by atoms with van der Waals surface area (Å²) in [6, 6.07) is 18.9. The summed E-state index contributed by atoms with van der Waals surface area (Å²) in [5.74, 6) is 1.28. The molecule has 0 spiro atoms. The molecular weight excluding hydrogens is 438 g/mol. The van der Waals surface area contributed by atoms with E-state index < -0.39 is 0 Å². The summed E-state index contributed by atoms with van der Waals surface area (Å²) in [6.45, 7) is 1.98. The highest BCUT2D eigenvalue weighted by Gasteiger charge is 2.19. The number of aromatic amines is 1. The molecule has 2 N–H and O–H groups in total. The minimum absolute atomic E-state index is 0.179. The monoisotopic (exact) mass is 461 g/mol. The van der Waals surface area contributed by atoms with E-state index in [9.17, 15) is 9.59 Å². The molecule has 2 aromatic heterocycles. The Labute approximate surface area is 194 Å². The predicted molar refractivity (Wildman–Crippen MR) is 128 cm³/mol. The minimum Gasteiger partial charge on any atom is -0.486 e. The van der Waals surface area contributed by atoms with Crippen LogP contribution in [0.15, 0.2) is 70.8 Å². The molecule has 2 amide bonds. The number of amides is 2. The second kappa shape index (κ2) is 9.38. The first-order chi connectivity index (χ1) is 16.2. The molecule has 2 aromatic carbocycles. The van der Waals surface area contributed by atoms with Crippen molar-refractivity contribution in [2.24, 2.45) is 0 Å². The lowest BCUT2D eigenvalue weighted by molar-refractivity contribution is 0.172. The summed E-state index contributed by atoms with van der Waals surface area (Å²) in [6.07, 6.45) is 0. The van der Waals surface area contributed by atoms with Gasteiger partial charge in [0.2, 0.25) is 0 Å². The number of hydrogen-bond acceptors (Lipinski definition) is 5. The number of carbonyl (C=O) groups is 1. The van der Waals surface area contributed by atoms with Crippen molar-refractivity contribution in [1.29, 1.82) is 0 Å². The Morgan fingerprint density at radius 2 is 1.79 bits per heavy atom. The van der Waals surface area contributed by atoms with Gasteiger partial charge in [0.25, 0.3) is 5.56 Å². The molecule has 0 aliphatic carbocycles. The second-order valence-corrected chi connectivity index (χ2v) is 8.82. The van der Waals surface area contributed by atoms with Crippen LogP contribution in [0.4, 0.5) is 4.79 Å². The molecule has 1 aliphatic rings. The van der Waals surface area contributed by atoms with Crippen molar-refractivity contribution < 1.29 is 14.3 Å².